The predicted molar refractivity (Wildman–Crippen MR) is 62.4 cm³/mol. The second kappa shape index (κ2) is 5.83. The van der Waals surface area contributed by atoms with Crippen molar-refractivity contribution >= 4 is 5.69 Å². The molecule has 1 aromatic rings. The molecule has 0 fully saturated rings. The van der Waals surface area contributed by atoms with Crippen molar-refractivity contribution in [2.75, 3.05) is 18.0 Å². The molecule has 2 N–H and O–H groups in total. The SMILES string of the molecule is C[C@@H](N)c1cc(F)ccc1N(CC#N)CC#N. The van der Waals surface area contributed by atoms with Crippen molar-refractivity contribution in [1.82, 2.24) is 0 Å². The maximum absolute atomic E-state index is 13.1. The summed E-state index contributed by atoms with van der Waals surface area (Å²) in [5.74, 6) is -0.380. The van der Waals surface area contributed by atoms with E-state index in [1.165, 1.54) is 12.1 Å². The molecule has 0 aliphatic heterocycles. The van der Waals surface area contributed by atoms with Crippen LogP contribution in [-0.2, 0) is 0 Å². The predicted octanol–water partition coefficient (Wildman–Crippen LogP) is 1.70. The van der Waals surface area contributed by atoms with Crippen molar-refractivity contribution in [2.45, 2.75) is 13.0 Å². The number of nitrogens with zero attached hydrogens (tertiary/aromatic N) is 3. The van der Waals surface area contributed by atoms with E-state index in [4.69, 9.17) is 16.3 Å². The third-order valence-electron chi connectivity index (χ3n) is 2.34. The van der Waals surface area contributed by atoms with Crippen molar-refractivity contribution in [2.24, 2.45) is 5.73 Å². The van der Waals surface area contributed by atoms with E-state index >= 15 is 0 Å². The standard InChI is InChI=1S/C12H13FN4/c1-9(16)11-8-10(13)2-3-12(11)17(6-4-14)7-5-15/h2-3,8-9H,6-7,16H2,1H3/t9-/m1/s1. The highest BCUT2D eigenvalue weighted by Gasteiger charge is 2.14. The van der Waals surface area contributed by atoms with Crippen LogP contribution in [0, 0.1) is 28.5 Å². The number of anilines is 1. The highest BCUT2D eigenvalue weighted by atomic mass is 19.1. The van der Waals surface area contributed by atoms with E-state index in [0.717, 1.165) is 0 Å². The smallest absolute Gasteiger partial charge is 0.123 e. The largest absolute Gasteiger partial charge is 0.345 e. The van der Waals surface area contributed by atoms with Crippen LogP contribution in [-0.4, -0.2) is 13.1 Å². The molecule has 0 saturated heterocycles. The molecule has 4 nitrogen and oxygen atoms in total. The van der Waals surface area contributed by atoms with Gasteiger partial charge in [0.1, 0.15) is 18.9 Å². The van der Waals surface area contributed by atoms with Gasteiger partial charge >= 0.3 is 0 Å². The average Bonchev–Trinajstić information content (AvgIpc) is 2.28. The molecule has 0 aromatic heterocycles. The molecule has 88 valence electrons. The quantitative estimate of drug-likeness (QED) is 0.801. The van der Waals surface area contributed by atoms with Crippen LogP contribution in [0.3, 0.4) is 0 Å². The van der Waals surface area contributed by atoms with Gasteiger partial charge in [-0.25, -0.2) is 4.39 Å². The van der Waals surface area contributed by atoms with Crippen LogP contribution < -0.4 is 10.6 Å². The lowest BCUT2D eigenvalue weighted by Gasteiger charge is -2.23. The number of hydrogen-bond acceptors (Lipinski definition) is 4. The summed E-state index contributed by atoms with van der Waals surface area (Å²) in [5, 5.41) is 17.4. The van der Waals surface area contributed by atoms with E-state index in [9.17, 15) is 4.39 Å². The lowest BCUT2D eigenvalue weighted by molar-refractivity contribution is 0.622. The zero-order chi connectivity index (χ0) is 12.8. The summed E-state index contributed by atoms with van der Waals surface area (Å²) >= 11 is 0. The Kier molecular flexibility index (Phi) is 4.45. The minimum absolute atomic E-state index is 0.0684. The number of nitrogens with two attached hydrogens (primary N) is 1. The molecule has 0 aliphatic rings. The van der Waals surface area contributed by atoms with Crippen molar-refractivity contribution in [3.63, 3.8) is 0 Å². The second-order valence-corrected chi connectivity index (χ2v) is 3.66. The second-order valence-electron chi connectivity index (χ2n) is 3.66. The van der Waals surface area contributed by atoms with Gasteiger partial charge in [0.25, 0.3) is 0 Å². The average molecular weight is 232 g/mol. The monoisotopic (exact) mass is 232 g/mol. The zero-order valence-corrected chi connectivity index (χ0v) is 9.52. The van der Waals surface area contributed by atoms with E-state index in [1.54, 1.807) is 17.9 Å². The number of nitriles is 2. The summed E-state index contributed by atoms with van der Waals surface area (Å²) < 4.78 is 13.1. The summed E-state index contributed by atoms with van der Waals surface area (Å²) in [6.07, 6.45) is 0. The number of rotatable bonds is 4. The first-order chi connectivity index (χ1) is 8.10. The van der Waals surface area contributed by atoms with Crippen molar-refractivity contribution in [3.8, 4) is 12.1 Å². The van der Waals surface area contributed by atoms with Crippen LogP contribution in [0.15, 0.2) is 18.2 Å². The normalized spacial score (nSPS) is 11.4. The van der Waals surface area contributed by atoms with Gasteiger partial charge in [0, 0.05) is 11.7 Å². The number of benzene rings is 1. The Labute approximate surface area is 99.7 Å². The van der Waals surface area contributed by atoms with Gasteiger partial charge in [0.05, 0.1) is 12.1 Å². The Bertz CT molecular complexity index is 454. The van der Waals surface area contributed by atoms with Gasteiger partial charge in [-0.05, 0) is 30.7 Å². The molecule has 0 radical (unpaired) electrons. The van der Waals surface area contributed by atoms with Crippen LogP contribution in [0.25, 0.3) is 0 Å². The third kappa shape index (κ3) is 3.17. The van der Waals surface area contributed by atoms with Crippen LogP contribution in [0.4, 0.5) is 10.1 Å². The van der Waals surface area contributed by atoms with E-state index in [0.29, 0.717) is 11.3 Å². The summed E-state index contributed by atoms with van der Waals surface area (Å²) in [6.45, 7) is 1.87. The lowest BCUT2D eigenvalue weighted by atomic mass is 10.1. The van der Waals surface area contributed by atoms with Gasteiger partial charge < -0.3 is 10.6 Å². The minimum Gasteiger partial charge on any atom is -0.345 e. The molecule has 17 heavy (non-hydrogen) atoms. The molecule has 0 heterocycles. The maximum atomic E-state index is 13.1. The molecular formula is C12H13FN4. The van der Waals surface area contributed by atoms with Crippen molar-refractivity contribution in [3.05, 3.63) is 29.6 Å². The van der Waals surface area contributed by atoms with Gasteiger partial charge in [-0.2, -0.15) is 10.5 Å². The fourth-order valence-corrected chi connectivity index (χ4v) is 1.58. The molecule has 1 rings (SSSR count). The van der Waals surface area contributed by atoms with Gasteiger partial charge in [-0.15, -0.1) is 0 Å². The minimum atomic E-state index is -0.380. The van der Waals surface area contributed by atoms with E-state index in [2.05, 4.69) is 0 Å². The Morgan fingerprint density at radius 3 is 2.41 bits per heavy atom. The highest BCUT2D eigenvalue weighted by molar-refractivity contribution is 5.56. The molecule has 0 saturated carbocycles. The Balaban J connectivity index is 3.19. The highest BCUT2D eigenvalue weighted by Crippen LogP contribution is 2.25. The fraction of sp³-hybridized carbons (Fsp3) is 0.333. The molecular weight excluding hydrogens is 219 g/mol. The van der Waals surface area contributed by atoms with Crippen LogP contribution in [0.1, 0.15) is 18.5 Å². The van der Waals surface area contributed by atoms with Crippen molar-refractivity contribution in [1.29, 1.82) is 10.5 Å². The third-order valence-corrected chi connectivity index (χ3v) is 2.34. The van der Waals surface area contributed by atoms with Gasteiger partial charge in [-0.3, -0.25) is 0 Å². The Hall–Kier alpha value is -2.11. The molecule has 1 aromatic carbocycles. The summed E-state index contributed by atoms with van der Waals surface area (Å²) in [4.78, 5) is 1.57. The first-order valence-electron chi connectivity index (χ1n) is 5.14. The topological polar surface area (TPSA) is 76.8 Å². The molecule has 1 atom stereocenters. The Morgan fingerprint density at radius 1 is 1.35 bits per heavy atom. The van der Waals surface area contributed by atoms with Gasteiger partial charge in [0.2, 0.25) is 0 Å². The maximum Gasteiger partial charge on any atom is 0.123 e. The summed E-state index contributed by atoms with van der Waals surface area (Å²) in [6, 6.07) is 7.76. The van der Waals surface area contributed by atoms with Crippen LogP contribution in [0.5, 0.6) is 0 Å². The fourth-order valence-electron chi connectivity index (χ4n) is 1.58. The van der Waals surface area contributed by atoms with Gasteiger partial charge in [-0.1, -0.05) is 0 Å². The van der Waals surface area contributed by atoms with E-state index in [-0.39, 0.29) is 24.9 Å². The van der Waals surface area contributed by atoms with Crippen molar-refractivity contribution < 1.29 is 4.39 Å². The number of halogens is 1. The van der Waals surface area contributed by atoms with Crippen LogP contribution in [0.2, 0.25) is 0 Å². The zero-order valence-electron chi connectivity index (χ0n) is 9.52. The molecule has 0 aliphatic carbocycles. The summed E-state index contributed by atoms with van der Waals surface area (Å²) in [5.41, 5.74) is 6.98. The molecule has 0 bridgehead atoms. The number of hydrogen-bond donors (Lipinski definition) is 1. The van der Waals surface area contributed by atoms with E-state index < -0.39 is 0 Å². The first kappa shape index (κ1) is 13.0. The van der Waals surface area contributed by atoms with Crippen LogP contribution >= 0.6 is 0 Å². The summed E-state index contributed by atoms with van der Waals surface area (Å²) in [7, 11) is 0. The molecule has 0 unspecified atom stereocenters. The van der Waals surface area contributed by atoms with Gasteiger partial charge in [0.15, 0.2) is 0 Å². The first-order valence-corrected chi connectivity index (χ1v) is 5.14. The molecule has 0 spiro atoms. The molecule has 0 amide bonds. The molecule has 5 heteroatoms. The Morgan fingerprint density at radius 2 is 1.94 bits per heavy atom. The van der Waals surface area contributed by atoms with E-state index in [1.807, 2.05) is 12.1 Å². The lowest BCUT2D eigenvalue weighted by Crippen LogP contribution is -2.26.